The third-order valence-corrected chi connectivity index (χ3v) is 9.78. The van der Waals surface area contributed by atoms with E-state index in [1.165, 1.54) is 6.20 Å². The van der Waals surface area contributed by atoms with Gasteiger partial charge in [-0.25, -0.2) is 14.4 Å². The number of halogens is 5. The van der Waals surface area contributed by atoms with Gasteiger partial charge >= 0.3 is 6.18 Å². The standard InChI is InChI=1S/C26H25ClF4N8/c1-15-18(28)5-32-21(33-15)36-11-23(12-36)13-37(14-23)22-35-34-20-7-38(25-8-24(9-25,10-25)26(29,30)31)6-16-4-17(27)2-3-19(16)39(20)22/h2-5H,6-14H2,1H3. The number of nitrogens with zero attached hydrogens (tertiary/aromatic N) is 8. The van der Waals surface area contributed by atoms with Crippen molar-refractivity contribution in [2.45, 2.75) is 51.0 Å². The number of hydrogen-bond donors (Lipinski definition) is 0. The monoisotopic (exact) mass is 560 g/mol. The molecule has 204 valence electrons. The summed E-state index contributed by atoms with van der Waals surface area (Å²) < 4.78 is 56.3. The van der Waals surface area contributed by atoms with Crippen molar-refractivity contribution in [3.05, 3.63) is 52.3 Å². The molecule has 0 amide bonds. The highest BCUT2D eigenvalue weighted by Crippen LogP contribution is 2.75. The van der Waals surface area contributed by atoms with Crippen molar-refractivity contribution in [1.82, 2.24) is 29.6 Å². The van der Waals surface area contributed by atoms with E-state index in [1.807, 2.05) is 22.8 Å². The van der Waals surface area contributed by atoms with Gasteiger partial charge in [0.15, 0.2) is 11.6 Å². The molecule has 0 atom stereocenters. The fourth-order valence-corrected chi connectivity index (χ4v) is 7.69. The lowest BCUT2D eigenvalue weighted by Crippen LogP contribution is -2.78. The minimum atomic E-state index is -4.15. The number of hydrogen-bond acceptors (Lipinski definition) is 7. The molecule has 9 rings (SSSR count). The lowest BCUT2D eigenvalue weighted by Gasteiger charge is -2.73. The van der Waals surface area contributed by atoms with Crippen LogP contribution in [0.1, 0.15) is 36.3 Å². The number of aromatic nitrogens is 5. The molecule has 2 aromatic heterocycles. The summed E-state index contributed by atoms with van der Waals surface area (Å²) in [5.74, 6) is 1.59. The number of fused-ring (bicyclic) bond motifs is 3. The quantitative estimate of drug-likeness (QED) is 0.443. The van der Waals surface area contributed by atoms with Crippen LogP contribution in [0.5, 0.6) is 0 Å². The van der Waals surface area contributed by atoms with Gasteiger partial charge in [-0.05, 0) is 49.9 Å². The van der Waals surface area contributed by atoms with Crippen molar-refractivity contribution < 1.29 is 17.6 Å². The van der Waals surface area contributed by atoms with Crippen LogP contribution in [0.25, 0.3) is 5.69 Å². The molecule has 2 bridgehead atoms. The molecule has 13 heteroatoms. The summed E-state index contributed by atoms with van der Waals surface area (Å²) in [5.41, 5.74) is 0.322. The molecule has 3 aromatic rings. The lowest BCUT2D eigenvalue weighted by molar-refractivity contribution is -0.364. The highest BCUT2D eigenvalue weighted by Gasteiger charge is 2.80. The predicted octanol–water partition coefficient (Wildman–Crippen LogP) is 4.29. The molecule has 5 fully saturated rings. The maximum absolute atomic E-state index is 13.6. The maximum atomic E-state index is 13.6. The van der Waals surface area contributed by atoms with E-state index in [4.69, 9.17) is 11.6 Å². The highest BCUT2D eigenvalue weighted by molar-refractivity contribution is 6.30. The number of benzene rings is 1. The molecule has 6 aliphatic rings. The molecular formula is C26H25ClF4N8. The van der Waals surface area contributed by atoms with Crippen LogP contribution in [0.15, 0.2) is 24.4 Å². The molecule has 2 saturated heterocycles. The Morgan fingerprint density at radius 1 is 0.974 bits per heavy atom. The highest BCUT2D eigenvalue weighted by atomic mass is 35.5. The van der Waals surface area contributed by atoms with E-state index in [0.717, 1.165) is 49.2 Å². The Hall–Kier alpha value is -2.99. The van der Waals surface area contributed by atoms with Crippen LogP contribution in [-0.4, -0.2) is 67.5 Å². The second-order valence-electron chi connectivity index (χ2n) is 12.2. The summed E-state index contributed by atoms with van der Waals surface area (Å²) in [4.78, 5) is 14.8. The number of alkyl halides is 3. The predicted molar refractivity (Wildman–Crippen MR) is 134 cm³/mol. The molecule has 39 heavy (non-hydrogen) atoms. The smallest absolute Gasteiger partial charge is 0.339 e. The van der Waals surface area contributed by atoms with Crippen molar-refractivity contribution in [2.75, 3.05) is 36.0 Å². The summed E-state index contributed by atoms with van der Waals surface area (Å²) in [7, 11) is 0. The molecule has 5 heterocycles. The zero-order chi connectivity index (χ0) is 26.9. The number of anilines is 2. The van der Waals surface area contributed by atoms with Crippen molar-refractivity contribution in [3.63, 3.8) is 0 Å². The van der Waals surface area contributed by atoms with Gasteiger partial charge in [-0.15, -0.1) is 10.2 Å². The van der Waals surface area contributed by atoms with Crippen LogP contribution >= 0.6 is 11.6 Å². The SMILES string of the molecule is Cc1nc(N2CC3(C2)CN(c2nnc4n2-c2ccc(Cl)cc2CN(C25CC(C(F)(F)F)(C2)C5)C4)C3)ncc1F. The van der Waals surface area contributed by atoms with Crippen molar-refractivity contribution >= 4 is 23.5 Å². The van der Waals surface area contributed by atoms with Crippen LogP contribution < -0.4 is 9.80 Å². The third kappa shape index (κ3) is 3.21. The summed E-state index contributed by atoms with van der Waals surface area (Å²) in [6.45, 7) is 5.70. The molecule has 1 spiro atoms. The zero-order valence-electron chi connectivity index (χ0n) is 21.1. The Bertz CT molecular complexity index is 1500. The number of aryl methyl sites for hydroxylation is 1. The van der Waals surface area contributed by atoms with Gasteiger partial charge in [0.25, 0.3) is 0 Å². The Morgan fingerprint density at radius 3 is 2.38 bits per heavy atom. The van der Waals surface area contributed by atoms with Crippen molar-refractivity contribution in [2.24, 2.45) is 10.8 Å². The first-order valence-corrected chi connectivity index (χ1v) is 13.4. The summed E-state index contributed by atoms with van der Waals surface area (Å²) >= 11 is 6.37. The van der Waals surface area contributed by atoms with Crippen LogP contribution in [0.3, 0.4) is 0 Å². The van der Waals surface area contributed by atoms with Gasteiger partial charge < -0.3 is 9.80 Å². The van der Waals surface area contributed by atoms with Gasteiger partial charge in [0, 0.05) is 48.7 Å². The van der Waals surface area contributed by atoms with E-state index in [1.54, 1.807) is 6.92 Å². The Labute approximate surface area is 226 Å². The van der Waals surface area contributed by atoms with E-state index in [9.17, 15) is 17.6 Å². The van der Waals surface area contributed by atoms with Gasteiger partial charge in [0.1, 0.15) is 0 Å². The maximum Gasteiger partial charge on any atom is 0.394 e. The van der Waals surface area contributed by atoms with E-state index in [-0.39, 0.29) is 24.7 Å². The van der Waals surface area contributed by atoms with Crippen LogP contribution in [0.4, 0.5) is 29.5 Å². The topological polar surface area (TPSA) is 66.2 Å². The summed E-state index contributed by atoms with van der Waals surface area (Å²) in [6.07, 6.45) is -2.51. The van der Waals surface area contributed by atoms with E-state index >= 15 is 0 Å². The van der Waals surface area contributed by atoms with Crippen LogP contribution in [-0.2, 0) is 13.1 Å². The summed E-state index contributed by atoms with van der Waals surface area (Å²) in [6, 6.07) is 5.68. The molecular weight excluding hydrogens is 536 g/mol. The average molecular weight is 561 g/mol. The van der Waals surface area contributed by atoms with Crippen molar-refractivity contribution in [1.29, 1.82) is 0 Å². The Balaban J connectivity index is 1.04. The van der Waals surface area contributed by atoms with E-state index in [2.05, 4.69) is 34.9 Å². The Morgan fingerprint density at radius 2 is 1.69 bits per heavy atom. The van der Waals surface area contributed by atoms with Crippen LogP contribution in [0.2, 0.25) is 5.02 Å². The minimum absolute atomic E-state index is 0.0788. The third-order valence-electron chi connectivity index (χ3n) is 9.54. The molecule has 1 aromatic carbocycles. The fourth-order valence-electron chi connectivity index (χ4n) is 7.50. The number of rotatable bonds is 3. The molecule has 0 radical (unpaired) electrons. The zero-order valence-corrected chi connectivity index (χ0v) is 21.9. The van der Waals surface area contributed by atoms with Gasteiger partial charge in [0.2, 0.25) is 11.9 Å². The van der Waals surface area contributed by atoms with E-state index < -0.39 is 22.9 Å². The van der Waals surface area contributed by atoms with Gasteiger partial charge in [-0.3, -0.25) is 9.47 Å². The van der Waals surface area contributed by atoms with Gasteiger partial charge in [0.05, 0.1) is 29.5 Å². The van der Waals surface area contributed by atoms with Crippen LogP contribution in [0, 0.1) is 23.6 Å². The molecule has 8 nitrogen and oxygen atoms in total. The van der Waals surface area contributed by atoms with Gasteiger partial charge in [-0.1, -0.05) is 11.6 Å². The first-order chi connectivity index (χ1) is 18.5. The lowest BCUT2D eigenvalue weighted by atomic mass is 9.38. The van der Waals surface area contributed by atoms with E-state index in [0.29, 0.717) is 29.8 Å². The molecule has 0 unspecified atom stereocenters. The normalized spacial score (nSPS) is 28.6. The fraction of sp³-hybridized carbons (Fsp3) is 0.538. The van der Waals surface area contributed by atoms with Gasteiger partial charge in [-0.2, -0.15) is 13.2 Å². The first-order valence-electron chi connectivity index (χ1n) is 13.0. The molecule has 3 aliphatic carbocycles. The molecule has 0 N–H and O–H groups in total. The van der Waals surface area contributed by atoms with Crippen molar-refractivity contribution in [3.8, 4) is 5.69 Å². The average Bonchev–Trinajstić information content (AvgIpc) is 3.07. The second-order valence-corrected chi connectivity index (χ2v) is 12.7. The largest absolute Gasteiger partial charge is 0.394 e. The molecule has 3 aliphatic heterocycles. The minimum Gasteiger partial charge on any atom is -0.339 e. The second kappa shape index (κ2) is 7.39. The summed E-state index contributed by atoms with van der Waals surface area (Å²) in [5, 5.41) is 9.67. The molecule has 3 saturated carbocycles. The Kier molecular flexibility index (Phi) is 4.52. The first kappa shape index (κ1) is 23.9.